The lowest BCUT2D eigenvalue weighted by Crippen LogP contribution is -2.45. The zero-order chi connectivity index (χ0) is 24.3. The highest BCUT2D eigenvalue weighted by Gasteiger charge is 2.41. The first-order valence-electron chi connectivity index (χ1n) is 10.5. The molecule has 1 N–H and O–H groups in total. The molecule has 0 aliphatic carbocycles. The molecule has 0 atom stereocenters. The molecule has 3 aromatic rings. The van der Waals surface area contributed by atoms with Gasteiger partial charge in [0.1, 0.15) is 5.82 Å². The topological polar surface area (TPSA) is 101 Å². The fourth-order valence-electron chi connectivity index (χ4n) is 3.64. The summed E-state index contributed by atoms with van der Waals surface area (Å²) < 4.78 is 47.1. The SMILES string of the molecule is COc1ccc(-n2ncc(C(=O)NCc3cccnc3N3CCN(C)CC3)c2C(F)(F)F)nn1. The second-order valence-corrected chi connectivity index (χ2v) is 7.71. The van der Waals surface area contributed by atoms with E-state index in [1.807, 2.05) is 7.05 Å². The molecular formula is C21H23F3N8O2. The van der Waals surface area contributed by atoms with Gasteiger partial charge in [-0.25, -0.2) is 9.67 Å². The summed E-state index contributed by atoms with van der Waals surface area (Å²) in [6.07, 6.45) is -2.33. The van der Waals surface area contributed by atoms with Crippen LogP contribution in [0.2, 0.25) is 0 Å². The number of amides is 1. The maximum absolute atomic E-state index is 13.9. The number of carbonyl (C=O) groups excluding carboxylic acids is 1. The average Bonchev–Trinajstić information content (AvgIpc) is 3.29. The van der Waals surface area contributed by atoms with Crippen LogP contribution in [-0.4, -0.2) is 76.1 Å². The van der Waals surface area contributed by atoms with Crippen molar-refractivity contribution < 1.29 is 22.7 Å². The molecule has 0 saturated carbocycles. The molecule has 10 nitrogen and oxygen atoms in total. The number of aromatic nitrogens is 5. The predicted octanol–water partition coefficient (Wildman–Crippen LogP) is 1.77. The summed E-state index contributed by atoms with van der Waals surface area (Å²) >= 11 is 0. The highest BCUT2D eigenvalue weighted by molar-refractivity contribution is 5.95. The number of methoxy groups -OCH3 is 1. The Bertz CT molecular complexity index is 1140. The Morgan fingerprint density at radius 1 is 1.15 bits per heavy atom. The van der Waals surface area contributed by atoms with Gasteiger partial charge < -0.3 is 19.9 Å². The third-order valence-electron chi connectivity index (χ3n) is 5.44. The van der Waals surface area contributed by atoms with Crippen molar-refractivity contribution >= 4 is 11.7 Å². The minimum absolute atomic E-state index is 0.0131. The van der Waals surface area contributed by atoms with Crippen molar-refractivity contribution in [3.8, 4) is 11.7 Å². The number of carbonyl (C=O) groups is 1. The van der Waals surface area contributed by atoms with E-state index in [0.29, 0.717) is 16.1 Å². The smallest absolute Gasteiger partial charge is 0.434 e. The summed E-state index contributed by atoms with van der Waals surface area (Å²) in [6, 6.07) is 6.14. The molecule has 0 bridgehead atoms. The standard InChI is InChI=1S/C21H23F3N8O2/c1-30-8-10-31(11-9-30)19-14(4-3-7-25-19)12-26-20(33)15-13-27-32(18(15)21(22,23)24)16-5-6-17(34-2)29-28-16/h3-7,13H,8-12H2,1-2H3,(H,26,33). The van der Waals surface area contributed by atoms with Crippen molar-refractivity contribution in [3.05, 3.63) is 53.5 Å². The third-order valence-corrected chi connectivity index (χ3v) is 5.44. The molecule has 34 heavy (non-hydrogen) atoms. The third kappa shape index (κ3) is 4.93. The van der Waals surface area contributed by atoms with E-state index in [9.17, 15) is 18.0 Å². The first-order chi connectivity index (χ1) is 16.3. The van der Waals surface area contributed by atoms with E-state index in [0.717, 1.165) is 32.4 Å². The van der Waals surface area contributed by atoms with Crippen molar-refractivity contribution in [2.75, 3.05) is 45.2 Å². The van der Waals surface area contributed by atoms with Crippen molar-refractivity contribution in [3.63, 3.8) is 0 Å². The molecule has 13 heteroatoms. The quantitative estimate of drug-likeness (QED) is 0.575. The van der Waals surface area contributed by atoms with Crippen LogP contribution >= 0.6 is 0 Å². The summed E-state index contributed by atoms with van der Waals surface area (Å²) in [6.45, 7) is 3.28. The Morgan fingerprint density at radius 2 is 1.91 bits per heavy atom. The van der Waals surface area contributed by atoms with Crippen LogP contribution < -0.4 is 15.0 Å². The monoisotopic (exact) mass is 476 g/mol. The average molecular weight is 476 g/mol. The molecule has 1 aliphatic rings. The number of likely N-dealkylation sites (N-methyl/N-ethyl adjacent to an activating group) is 1. The van der Waals surface area contributed by atoms with E-state index in [-0.39, 0.29) is 18.2 Å². The van der Waals surface area contributed by atoms with Crippen molar-refractivity contribution in [2.45, 2.75) is 12.7 Å². The summed E-state index contributed by atoms with van der Waals surface area (Å²) in [5.41, 5.74) is -1.15. The van der Waals surface area contributed by atoms with Crippen LogP contribution in [0.4, 0.5) is 19.0 Å². The Hall–Kier alpha value is -3.74. The van der Waals surface area contributed by atoms with Gasteiger partial charge in [-0.1, -0.05) is 6.07 Å². The van der Waals surface area contributed by atoms with Gasteiger partial charge in [0.15, 0.2) is 11.5 Å². The minimum atomic E-state index is -4.86. The highest BCUT2D eigenvalue weighted by Crippen LogP contribution is 2.33. The molecule has 4 heterocycles. The summed E-state index contributed by atoms with van der Waals surface area (Å²) in [7, 11) is 3.39. The van der Waals surface area contributed by atoms with E-state index >= 15 is 0 Å². The largest absolute Gasteiger partial charge is 0.480 e. The fraction of sp³-hybridized carbons (Fsp3) is 0.381. The van der Waals surface area contributed by atoms with Gasteiger partial charge in [-0.15, -0.1) is 10.2 Å². The van der Waals surface area contributed by atoms with Gasteiger partial charge in [0.05, 0.1) is 18.9 Å². The van der Waals surface area contributed by atoms with Crippen LogP contribution in [0.25, 0.3) is 5.82 Å². The molecule has 1 aliphatic heterocycles. The number of ether oxygens (including phenoxy) is 1. The van der Waals surface area contributed by atoms with Gasteiger partial charge in [-0.2, -0.15) is 18.3 Å². The first kappa shape index (κ1) is 23.4. The number of pyridine rings is 1. The number of halogens is 3. The van der Waals surface area contributed by atoms with Crippen LogP contribution in [0.5, 0.6) is 5.88 Å². The van der Waals surface area contributed by atoms with Crippen LogP contribution in [0.3, 0.4) is 0 Å². The Kier molecular flexibility index (Phi) is 6.63. The van der Waals surface area contributed by atoms with Gasteiger partial charge in [0.25, 0.3) is 5.91 Å². The van der Waals surface area contributed by atoms with E-state index in [1.54, 1.807) is 18.3 Å². The van der Waals surface area contributed by atoms with Crippen LogP contribution in [0.1, 0.15) is 21.6 Å². The molecule has 180 valence electrons. The molecule has 0 radical (unpaired) electrons. The number of anilines is 1. The normalized spacial score (nSPS) is 14.8. The molecule has 4 rings (SSSR count). The maximum atomic E-state index is 13.9. The van der Waals surface area contributed by atoms with E-state index in [2.05, 4.69) is 35.4 Å². The maximum Gasteiger partial charge on any atom is 0.434 e. The second kappa shape index (κ2) is 9.63. The molecule has 0 spiro atoms. The summed E-state index contributed by atoms with van der Waals surface area (Å²) in [5, 5.41) is 13.7. The van der Waals surface area contributed by atoms with Crippen LogP contribution in [0, 0.1) is 0 Å². The summed E-state index contributed by atoms with van der Waals surface area (Å²) in [5.74, 6) is -0.267. The highest BCUT2D eigenvalue weighted by atomic mass is 19.4. The number of hydrogen-bond acceptors (Lipinski definition) is 8. The lowest BCUT2D eigenvalue weighted by atomic mass is 10.2. The zero-order valence-corrected chi connectivity index (χ0v) is 18.6. The van der Waals surface area contributed by atoms with E-state index < -0.39 is 23.3 Å². The molecule has 3 aromatic heterocycles. The van der Waals surface area contributed by atoms with Gasteiger partial charge in [0.2, 0.25) is 5.88 Å². The van der Waals surface area contributed by atoms with Gasteiger partial charge in [0, 0.05) is 50.6 Å². The van der Waals surface area contributed by atoms with Gasteiger partial charge in [-0.05, 0) is 19.2 Å². The summed E-state index contributed by atoms with van der Waals surface area (Å²) in [4.78, 5) is 21.5. The molecule has 0 unspecified atom stereocenters. The lowest BCUT2D eigenvalue weighted by Gasteiger charge is -2.34. The number of nitrogens with zero attached hydrogens (tertiary/aromatic N) is 7. The van der Waals surface area contributed by atoms with Gasteiger partial charge >= 0.3 is 6.18 Å². The van der Waals surface area contributed by atoms with Crippen LogP contribution in [-0.2, 0) is 12.7 Å². The second-order valence-electron chi connectivity index (χ2n) is 7.71. The number of hydrogen-bond donors (Lipinski definition) is 1. The number of rotatable bonds is 6. The molecule has 0 aromatic carbocycles. The Balaban J connectivity index is 1.56. The van der Waals surface area contributed by atoms with Crippen molar-refractivity contribution in [1.29, 1.82) is 0 Å². The van der Waals surface area contributed by atoms with E-state index in [1.165, 1.54) is 19.2 Å². The van der Waals surface area contributed by atoms with Gasteiger partial charge in [-0.3, -0.25) is 4.79 Å². The minimum Gasteiger partial charge on any atom is -0.480 e. The molecule has 1 amide bonds. The Labute approximate surface area is 193 Å². The number of alkyl halides is 3. The van der Waals surface area contributed by atoms with Crippen molar-refractivity contribution in [1.82, 2.24) is 35.2 Å². The van der Waals surface area contributed by atoms with Crippen molar-refractivity contribution in [2.24, 2.45) is 0 Å². The Morgan fingerprint density at radius 3 is 2.56 bits per heavy atom. The van der Waals surface area contributed by atoms with Crippen LogP contribution in [0.15, 0.2) is 36.7 Å². The first-order valence-corrected chi connectivity index (χ1v) is 10.5. The molecule has 1 saturated heterocycles. The van der Waals surface area contributed by atoms with E-state index in [4.69, 9.17) is 4.74 Å². The predicted molar refractivity (Wildman–Crippen MR) is 116 cm³/mol. The number of piperazine rings is 1. The molecule has 1 fully saturated rings. The lowest BCUT2D eigenvalue weighted by molar-refractivity contribution is -0.143. The molecular weight excluding hydrogens is 453 g/mol. The zero-order valence-electron chi connectivity index (χ0n) is 18.6. The number of nitrogens with one attached hydrogen (secondary N) is 1. The fourth-order valence-corrected chi connectivity index (χ4v) is 3.64.